The molecule has 2 heteroatoms. The lowest BCUT2D eigenvalue weighted by Crippen LogP contribution is -1.97. The standard InChI is InChI=1S/C8H18O2/c1-3-4-5-6-7-10-8-9-2/h3-8H2,1-2H3. The van der Waals surface area contributed by atoms with Crippen molar-refractivity contribution in [1.29, 1.82) is 0 Å². The minimum Gasteiger partial charge on any atom is -0.359 e. The van der Waals surface area contributed by atoms with Crippen LogP contribution in [0.3, 0.4) is 0 Å². The van der Waals surface area contributed by atoms with Gasteiger partial charge in [0, 0.05) is 13.7 Å². The summed E-state index contributed by atoms with van der Waals surface area (Å²) in [5, 5.41) is 0. The van der Waals surface area contributed by atoms with Crippen molar-refractivity contribution in [3.05, 3.63) is 0 Å². The molecule has 0 atom stereocenters. The van der Waals surface area contributed by atoms with Gasteiger partial charge in [-0.25, -0.2) is 0 Å². The Morgan fingerprint density at radius 2 is 1.90 bits per heavy atom. The van der Waals surface area contributed by atoms with Crippen molar-refractivity contribution < 1.29 is 9.47 Å². The first-order valence-electron chi connectivity index (χ1n) is 3.98. The Kier molecular flexibility index (Phi) is 8.85. The summed E-state index contributed by atoms with van der Waals surface area (Å²) < 4.78 is 9.83. The van der Waals surface area contributed by atoms with Crippen LogP contribution in [0, 0.1) is 0 Å². The Hall–Kier alpha value is -0.0800. The van der Waals surface area contributed by atoms with Crippen LogP contribution in [0.5, 0.6) is 0 Å². The van der Waals surface area contributed by atoms with Crippen molar-refractivity contribution in [1.82, 2.24) is 0 Å². The molecule has 0 saturated carbocycles. The second-order valence-electron chi connectivity index (χ2n) is 2.38. The van der Waals surface area contributed by atoms with Crippen molar-refractivity contribution in [2.45, 2.75) is 32.6 Å². The summed E-state index contributed by atoms with van der Waals surface area (Å²) in [6, 6.07) is 0. The number of hydrogen-bond acceptors (Lipinski definition) is 2. The molecular formula is C8H18O2. The van der Waals surface area contributed by atoms with Crippen molar-refractivity contribution in [3.63, 3.8) is 0 Å². The first kappa shape index (κ1) is 9.92. The molecule has 0 fully saturated rings. The van der Waals surface area contributed by atoms with Crippen LogP contribution in [0.15, 0.2) is 0 Å². The van der Waals surface area contributed by atoms with Gasteiger partial charge in [0.2, 0.25) is 0 Å². The minimum absolute atomic E-state index is 0.437. The second-order valence-corrected chi connectivity index (χ2v) is 2.38. The summed E-state index contributed by atoms with van der Waals surface area (Å²) in [4.78, 5) is 0. The molecule has 2 nitrogen and oxygen atoms in total. The van der Waals surface area contributed by atoms with Crippen molar-refractivity contribution in [2.24, 2.45) is 0 Å². The van der Waals surface area contributed by atoms with Gasteiger partial charge in [-0.15, -0.1) is 0 Å². The van der Waals surface area contributed by atoms with Crippen LogP contribution in [-0.2, 0) is 9.47 Å². The van der Waals surface area contributed by atoms with Gasteiger partial charge in [0.15, 0.2) is 0 Å². The first-order chi connectivity index (χ1) is 4.91. The quantitative estimate of drug-likeness (QED) is 0.405. The highest BCUT2D eigenvalue weighted by Gasteiger charge is 1.86. The molecule has 0 aliphatic rings. The topological polar surface area (TPSA) is 18.5 Å². The maximum Gasteiger partial charge on any atom is 0.146 e. The Bertz CT molecular complexity index is 47.2. The van der Waals surface area contributed by atoms with Gasteiger partial charge in [-0.3, -0.25) is 0 Å². The zero-order valence-electron chi connectivity index (χ0n) is 7.06. The molecule has 0 saturated heterocycles. The summed E-state index contributed by atoms with van der Waals surface area (Å²) >= 11 is 0. The van der Waals surface area contributed by atoms with Crippen LogP contribution in [0.4, 0.5) is 0 Å². The molecule has 10 heavy (non-hydrogen) atoms. The van der Waals surface area contributed by atoms with E-state index in [1.165, 1.54) is 19.3 Å². The fourth-order valence-corrected chi connectivity index (χ4v) is 0.773. The third kappa shape index (κ3) is 7.92. The fraction of sp³-hybridized carbons (Fsp3) is 1.00. The van der Waals surface area contributed by atoms with Crippen LogP contribution in [0.2, 0.25) is 0 Å². The zero-order valence-corrected chi connectivity index (χ0v) is 7.06. The monoisotopic (exact) mass is 146 g/mol. The number of unbranched alkanes of at least 4 members (excludes halogenated alkanes) is 3. The van der Waals surface area contributed by atoms with Crippen LogP contribution < -0.4 is 0 Å². The van der Waals surface area contributed by atoms with E-state index in [2.05, 4.69) is 6.92 Å². The molecule has 0 rings (SSSR count). The van der Waals surface area contributed by atoms with Crippen LogP contribution in [0.25, 0.3) is 0 Å². The third-order valence-electron chi connectivity index (χ3n) is 1.34. The fourth-order valence-electron chi connectivity index (χ4n) is 0.773. The molecular weight excluding hydrogens is 128 g/mol. The predicted octanol–water partition coefficient (Wildman–Crippen LogP) is 2.19. The summed E-state index contributed by atoms with van der Waals surface area (Å²) in [5.74, 6) is 0. The molecule has 0 amide bonds. The average Bonchev–Trinajstić information content (AvgIpc) is 1.97. The van der Waals surface area contributed by atoms with E-state index in [9.17, 15) is 0 Å². The zero-order chi connectivity index (χ0) is 7.66. The van der Waals surface area contributed by atoms with E-state index in [1.807, 2.05) is 0 Å². The third-order valence-corrected chi connectivity index (χ3v) is 1.34. The summed E-state index contributed by atoms with van der Waals surface area (Å²) in [5.41, 5.74) is 0. The van der Waals surface area contributed by atoms with E-state index in [0.29, 0.717) is 6.79 Å². The Balaban J connectivity index is 2.65. The average molecular weight is 146 g/mol. The number of rotatable bonds is 7. The Morgan fingerprint density at radius 1 is 1.10 bits per heavy atom. The molecule has 62 valence electrons. The normalized spacial score (nSPS) is 10.2. The highest BCUT2D eigenvalue weighted by molar-refractivity contribution is 4.37. The van der Waals surface area contributed by atoms with Crippen molar-refractivity contribution >= 4 is 0 Å². The lowest BCUT2D eigenvalue weighted by Gasteiger charge is -2.00. The molecule has 0 aromatic heterocycles. The summed E-state index contributed by atoms with van der Waals surface area (Å²) in [6.45, 7) is 3.48. The van der Waals surface area contributed by atoms with Crippen molar-refractivity contribution in [2.75, 3.05) is 20.5 Å². The molecule has 0 bridgehead atoms. The van der Waals surface area contributed by atoms with E-state index in [4.69, 9.17) is 9.47 Å². The number of ether oxygens (including phenoxy) is 2. The smallest absolute Gasteiger partial charge is 0.146 e. The molecule has 0 spiro atoms. The van der Waals surface area contributed by atoms with Crippen molar-refractivity contribution in [3.8, 4) is 0 Å². The first-order valence-corrected chi connectivity index (χ1v) is 3.98. The van der Waals surface area contributed by atoms with Gasteiger partial charge in [0.1, 0.15) is 6.79 Å². The minimum atomic E-state index is 0.437. The highest BCUT2D eigenvalue weighted by atomic mass is 16.7. The molecule has 0 aromatic carbocycles. The number of hydrogen-bond donors (Lipinski definition) is 0. The summed E-state index contributed by atoms with van der Waals surface area (Å²) in [7, 11) is 1.64. The molecule has 0 radical (unpaired) electrons. The van der Waals surface area contributed by atoms with Gasteiger partial charge in [-0.1, -0.05) is 26.2 Å². The molecule has 0 aromatic rings. The van der Waals surface area contributed by atoms with Gasteiger partial charge < -0.3 is 9.47 Å². The molecule has 0 aliphatic carbocycles. The van der Waals surface area contributed by atoms with E-state index < -0.39 is 0 Å². The molecule has 0 unspecified atom stereocenters. The van der Waals surface area contributed by atoms with Crippen LogP contribution >= 0.6 is 0 Å². The Labute approximate surface area is 63.5 Å². The van der Waals surface area contributed by atoms with E-state index in [0.717, 1.165) is 13.0 Å². The largest absolute Gasteiger partial charge is 0.359 e. The van der Waals surface area contributed by atoms with E-state index in [-0.39, 0.29) is 0 Å². The molecule has 0 heterocycles. The molecule has 0 N–H and O–H groups in total. The van der Waals surface area contributed by atoms with Crippen LogP contribution in [0.1, 0.15) is 32.6 Å². The van der Waals surface area contributed by atoms with E-state index >= 15 is 0 Å². The second kappa shape index (κ2) is 8.92. The van der Waals surface area contributed by atoms with Gasteiger partial charge in [0.05, 0.1) is 0 Å². The van der Waals surface area contributed by atoms with Gasteiger partial charge >= 0.3 is 0 Å². The van der Waals surface area contributed by atoms with Gasteiger partial charge in [0.25, 0.3) is 0 Å². The lowest BCUT2D eigenvalue weighted by molar-refractivity contribution is -0.0315. The lowest BCUT2D eigenvalue weighted by atomic mass is 10.2. The predicted molar refractivity (Wildman–Crippen MR) is 42.0 cm³/mol. The van der Waals surface area contributed by atoms with Gasteiger partial charge in [-0.05, 0) is 6.42 Å². The number of methoxy groups -OCH3 is 1. The van der Waals surface area contributed by atoms with E-state index in [1.54, 1.807) is 7.11 Å². The maximum absolute atomic E-state index is 5.11. The highest BCUT2D eigenvalue weighted by Crippen LogP contribution is 1.98. The van der Waals surface area contributed by atoms with Crippen LogP contribution in [-0.4, -0.2) is 20.5 Å². The SMILES string of the molecule is CCCCCCOCOC. The summed E-state index contributed by atoms with van der Waals surface area (Å²) in [6.07, 6.45) is 5.04. The van der Waals surface area contributed by atoms with Gasteiger partial charge in [-0.2, -0.15) is 0 Å². The Morgan fingerprint density at radius 3 is 2.50 bits per heavy atom. The maximum atomic E-state index is 5.11. The molecule has 0 aliphatic heterocycles.